The first-order chi connectivity index (χ1) is 15.9. The molecule has 4 aromatic rings. The molecule has 6 rings (SSSR count). The van der Waals surface area contributed by atoms with Gasteiger partial charge in [0.15, 0.2) is 5.79 Å². The Morgan fingerprint density at radius 2 is 1.97 bits per heavy atom. The Balaban J connectivity index is 1.28. The summed E-state index contributed by atoms with van der Waals surface area (Å²) in [4.78, 5) is 13.3. The van der Waals surface area contributed by atoms with E-state index in [0.717, 1.165) is 41.6 Å². The van der Waals surface area contributed by atoms with Crippen molar-refractivity contribution in [2.45, 2.75) is 64.1 Å². The fraction of sp³-hybridized carbons (Fsp3) is 0.480. The molecule has 8 heteroatoms. The molecule has 8 nitrogen and oxygen atoms in total. The minimum atomic E-state index is -0.589. The van der Waals surface area contributed by atoms with E-state index in [-0.39, 0.29) is 18.2 Å². The Hall–Kier alpha value is -2.97. The van der Waals surface area contributed by atoms with Crippen molar-refractivity contribution >= 4 is 16.7 Å². The smallest absolute Gasteiger partial charge is 0.225 e. The molecule has 0 amide bonds. The van der Waals surface area contributed by atoms with Crippen LogP contribution >= 0.6 is 0 Å². The molecule has 2 aliphatic rings. The number of aromatic nitrogens is 5. The van der Waals surface area contributed by atoms with E-state index < -0.39 is 5.79 Å². The molecule has 0 spiro atoms. The number of pyridine rings is 1. The van der Waals surface area contributed by atoms with E-state index >= 15 is 0 Å². The lowest BCUT2D eigenvalue weighted by atomic mass is 9.96. The van der Waals surface area contributed by atoms with E-state index in [0.29, 0.717) is 11.8 Å². The molecular weight excluding hydrogens is 418 g/mol. The molecule has 172 valence electrons. The van der Waals surface area contributed by atoms with E-state index in [1.807, 2.05) is 26.1 Å². The van der Waals surface area contributed by atoms with Crippen LogP contribution in [0.2, 0.25) is 0 Å². The third-order valence-corrected chi connectivity index (χ3v) is 7.14. The maximum absolute atomic E-state index is 6.43. The van der Waals surface area contributed by atoms with Gasteiger partial charge < -0.3 is 23.2 Å². The predicted molar refractivity (Wildman–Crippen MR) is 123 cm³/mol. The fourth-order valence-corrected chi connectivity index (χ4v) is 5.65. The molecule has 4 aromatic heterocycles. The normalized spacial score (nSPS) is 26.3. The van der Waals surface area contributed by atoms with E-state index in [4.69, 9.17) is 14.2 Å². The molecule has 0 unspecified atom stereocenters. The highest BCUT2D eigenvalue weighted by Crippen LogP contribution is 2.49. The van der Waals surface area contributed by atoms with Gasteiger partial charge in [0, 0.05) is 24.3 Å². The van der Waals surface area contributed by atoms with Crippen LogP contribution < -0.4 is 4.74 Å². The lowest BCUT2D eigenvalue weighted by molar-refractivity contribution is -0.160. The van der Waals surface area contributed by atoms with Crippen LogP contribution in [0, 0.1) is 12.8 Å². The number of ether oxygens (including phenoxy) is 3. The summed E-state index contributed by atoms with van der Waals surface area (Å²) in [5, 5.41) is 0.918. The summed E-state index contributed by atoms with van der Waals surface area (Å²) in [6.07, 6.45) is 10.7. The third-order valence-electron chi connectivity index (χ3n) is 7.14. The number of fused-ring (bicyclic) bond motifs is 3. The summed E-state index contributed by atoms with van der Waals surface area (Å²) in [7, 11) is 1.64. The molecule has 2 fully saturated rings. The lowest BCUT2D eigenvalue weighted by Gasteiger charge is -2.24. The van der Waals surface area contributed by atoms with Crippen molar-refractivity contribution in [3.8, 4) is 5.88 Å². The zero-order chi connectivity index (χ0) is 22.7. The molecule has 1 aliphatic carbocycles. The number of hydrogen-bond donors (Lipinski definition) is 0. The van der Waals surface area contributed by atoms with Crippen LogP contribution in [0.5, 0.6) is 5.88 Å². The second-order valence-electron chi connectivity index (χ2n) is 9.67. The van der Waals surface area contributed by atoms with Gasteiger partial charge >= 0.3 is 0 Å². The Morgan fingerprint density at radius 3 is 2.82 bits per heavy atom. The number of methoxy groups -OCH3 is 1. The highest BCUT2D eigenvalue weighted by molar-refractivity contribution is 5.81. The molecule has 1 saturated carbocycles. The van der Waals surface area contributed by atoms with Crippen molar-refractivity contribution < 1.29 is 14.2 Å². The van der Waals surface area contributed by atoms with E-state index in [9.17, 15) is 0 Å². The van der Waals surface area contributed by atoms with Gasteiger partial charge in [0.2, 0.25) is 5.88 Å². The number of imidazole rings is 1. The monoisotopic (exact) mass is 447 g/mol. The van der Waals surface area contributed by atoms with Gasteiger partial charge in [-0.25, -0.2) is 15.0 Å². The van der Waals surface area contributed by atoms with Gasteiger partial charge in [-0.1, -0.05) is 0 Å². The van der Waals surface area contributed by atoms with Gasteiger partial charge in [0.05, 0.1) is 24.6 Å². The zero-order valence-electron chi connectivity index (χ0n) is 19.4. The maximum atomic E-state index is 6.43. The lowest BCUT2D eigenvalue weighted by Crippen LogP contribution is -2.27. The Kier molecular flexibility index (Phi) is 4.71. The van der Waals surface area contributed by atoms with Crippen LogP contribution in [0.4, 0.5) is 0 Å². The van der Waals surface area contributed by atoms with Crippen LogP contribution in [0.15, 0.2) is 43.1 Å². The van der Waals surface area contributed by atoms with Crippen LogP contribution in [0.3, 0.4) is 0 Å². The van der Waals surface area contributed by atoms with Crippen molar-refractivity contribution in [2.75, 3.05) is 7.11 Å². The Bertz CT molecular complexity index is 1330. The summed E-state index contributed by atoms with van der Waals surface area (Å²) < 4.78 is 22.6. The molecule has 1 saturated heterocycles. The van der Waals surface area contributed by atoms with Crippen molar-refractivity contribution in [2.24, 2.45) is 5.92 Å². The summed E-state index contributed by atoms with van der Waals surface area (Å²) in [6.45, 7) is 6.09. The van der Waals surface area contributed by atoms with Gasteiger partial charge in [-0.15, -0.1) is 0 Å². The van der Waals surface area contributed by atoms with E-state index in [1.54, 1.807) is 13.4 Å². The summed E-state index contributed by atoms with van der Waals surface area (Å²) >= 11 is 0. The molecule has 0 aromatic carbocycles. The van der Waals surface area contributed by atoms with E-state index in [2.05, 4.69) is 55.4 Å². The van der Waals surface area contributed by atoms with Crippen LogP contribution in [0.25, 0.3) is 16.7 Å². The van der Waals surface area contributed by atoms with Crippen LogP contribution in [-0.4, -0.2) is 49.0 Å². The van der Waals surface area contributed by atoms with Gasteiger partial charge in [-0.05, 0) is 69.7 Å². The molecule has 33 heavy (non-hydrogen) atoms. The molecule has 0 radical (unpaired) electrons. The first-order valence-corrected chi connectivity index (χ1v) is 11.6. The Labute approximate surface area is 192 Å². The molecule has 0 bridgehead atoms. The van der Waals surface area contributed by atoms with Crippen molar-refractivity contribution in [3.05, 3.63) is 54.4 Å². The first kappa shape index (κ1) is 20.6. The van der Waals surface area contributed by atoms with Gasteiger partial charge in [0.25, 0.3) is 0 Å². The summed E-state index contributed by atoms with van der Waals surface area (Å²) in [5.41, 5.74) is 4.33. The quantitative estimate of drug-likeness (QED) is 0.458. The average Bonchev–Trinajstić information content (AvgIpc) is 3.54. The van der Waals surface area contributed by atoms with Crippen LogP contribution in [0.1, 0.15) is 44.0 Å². The summed E-state index contributed by atoms with van der Waals surface area (Å²) in [6, 6.07) is 6.56. The minimum absolute atomic E-state index is 0.0148. The predicted octanol–water partition coefficient (Wildman–Crippen LogP) is 4.11. The Morgan fingerprint density at radius 1 is 1.12 bits per heavy atom. The summed E-state index contributed by atoms with van der Waals surface area (Å²) in [5.74, 6) is 0.396. The van der Waals surface area contributed by atoms with Crippen molar-refractivity contribution in [1.29, 1.82) is 0 Å². The number of hydrogen-bond acceptors (Lipinski definition) is 6. The standard InChI is InChI=1S/C25H29N5O3/c1-15-13-26-20-11-16(7-9-29(15)20)5-6-17-12-19(22-21(17)32-25(2,3)33-22)30-10-8-18-23(30)27-14-28-24(18)31-4/h7-11,13-14,17,19,21-22H,5-6,12H2,1-4H3/t17-,19+,21+,22-/m0/s1. The average molecular weight is 448 g/mol. The fourth-order valence-electron chi connectivity index (χ4n) is 5.65. The molecule has 0 N–H and O–H groups in total. The van der Waals surface area contributed by atoms with Gasteiger partial charge in [-0.2, -0.15) is 0 Å². The molecule has 5 heterocycles. The van der Waals surface area contributed by atoms with Crippen molar-refractivity contribution in [1.82, 2.24) is 23.9 Å². The highest BCUT2D eigenvalue weighted by Gasteiger charge is 2.54. The van der Waals surface area contributed by atoms with Gasteiger partial charge in [0.1, 0.15) is 23.7 Å². The molecule has 4 atom stereocenters. The number of aryl methyl sites for hydroxylation is 2. The SMILES string of the molecule is COc1ncnc2c1ccn2[C@@H]1C[C@H](CCc2ccn3c(C)cnc3c2)[C@H]2OC(C)(C)O[C@H]21. The minimum Gasteiger partial charge on any atom is -0.480 e. The third kappa shape index (κ3) is 3.40. The molecular formula is C25H29N5O3. The number of rotatable bonds is 5. The largest absolute Gasteiger partial charge is 0.480 e. The first-order valence-electron chi connectivity index (χ1n) is 11.6. The van der Waals surface area contributed by atoms with Crippen molar-refractivity contribution in [3.63, 3.8) is 0 Å². The number of nitrogens with zero attached hydrogens (tertiary/aromatic N) is 5. The molecule has 1 aliphatic heterocycles. The maximum Gasteiger partial charge on any atom is 0.225 e. The zero-order valence-corrected chi connectivity index (χ0v) is 19.4. The second kappa shape index (κ2) is 7.53. The van der Waals surface area contributed by atoms with Crippen LogP contribution in [-0.2, 0) is 15.9 Å². The topological polar surface area (TPSA) is 75.7 Å². The van der Waals surface area contributed by atoms with Gasteiger partial charge in [-0.3, -0.25) is 0 Å². The highest BCUT2D eigenvalue weighted by atomic mass is 16.8. The second-order valence-corrected chi connectivity index (χ2v) is 9.67. The van der Waals surface area contributed by atoms with E-state index in [1.165, 1.54) is 5.56 Å².